The molecular weight excluding hydrogens is 460 g/mol. The van der Waals surface area contributed by atoms with Crippen LogP contribution in [-0.2, 0) is 4.79 Å². The van der Waals surface area contributed by atoms with Gasteiger partial charge in [0.2, 0.25) is 5.91 Å². The lowest BCUT2D eigenvalue weighted by Crippen LogP contribution is -2.47. The van der Waals surface area contributed by atoms with Gasteiger partial charge in [0.1, 0.15) is 10.7 Å². The molecule has 1 aromatic heterocycles. The lowest BCUT2D eigenvalue weighted by atomic mass is 10.1. The Hall–Kier alpha value is -3.23. The van der Waals surface area contributed by atoms with Gasteiger partial charge >= 0.3 is 0 Å². The number of benzene rings is 2. The molecule has 0 unspecified atom stereocenters. The summed E-state index contributed by atoms with van der Waals surface area (Å²) in [7, 11) is 3.64. The third kappa shape index (κ3) is 5.68. The molecule has 0 fully saturated rings. The van der Waals surface area contributed by atoms with Crippen LogP contribution in [0.2, 0.25) is 0 Å². The standard InChI is InChI=1S/C23H23BrN4O3/c1-14(15-8-10-17(11-9-15)25-20(29)13-28(2)3)21-23(31)26-19(22(30)27-21)12-16-6-4-5-7-18(16)24/h4-12H,13H2,1-3H3,(H,25,29)(H,26,31)(H,27,30)/b19-12-,21-14-. The molecule has 2 aromatic carbocycles. The van der Waals surface area contributed by atoms with Gasteiger partial charge in [-0.2, -0.15) is 0 Å². The van der Waals surface area contributed by atoms with Crippen LogP contribution in [0.3, 0.4) is 0 Å². The molecule has 0 saturated carbocycles. The minimum atomic E-state index is -0.391. The van der Waals surface area contributed by atoms with E-state index >= 15 is 0 Å². The summed E-state index contributed by atoms with van der Waals surface area (Å²) in [5.41, 5.74) is 2.04. The first kappa shape index (κ1) is 22.5. The Kier molecular flexibility index (Phi) is 7.04. The Balaban J connectivity index is 1.96. The smallest absolute Gasteiger partial charge is 0.272 e. The Morgan fingerprint density at radius 3 is 2.35 bits per heavy atom. The number of anilines is 1. The van der Waals surface area contributed by atoms with Gasteiger partial charge in [0, 0.05) is 10.2 Å². The summed E-state index contributed by atoms with van der Waals surface area (Å²) in [6, 6.07) is 14.5. The van der Waals surface area contributed by atoms with Crippen molar-refractivity contribution in [1.29, 1.82) is 0 Å². The van der Waals surface area contributed by atoms with Crippen molar-refractivity contribution in [1.82, 2.24) is 14.9 Å². The molecule has 0 atom stereocenters. The molecule has 0 radical (unpaired) electrons. The largest absolute Gasteiger partial charge is 0.325 e. The fraction of sp³-hybridized carbons (Fsp3) is 0.174. The van der Waals surface area contributed by atoms with E-state index < -0.39 is 11.1 Å². The van der Waals surface area contributed by atoms with Gasteiger partial charge in [-0.3, -0.25) is 14.4 Å². The summed E-state index contributed by atoms with van der Waals surface area (Å²) in [4.78, 5) is 44.2. The van der Waals surface area contributed by atoms with Gasteiger partial charge in [-0.15, -0.1) is 0 Å². The number of nitrogens with one attached hydrogen (secondary N) is 3. The first-order chi connectivity index (χ1) is 14.7. The lowest BCUT2D eigenvalue weighted by molar-refractivity contribution is -0.116. The normalized spacial score (nSPS) is 12.7. The molecule has 0 aliphatic rings. The fourth-order valence-corrected chi connectivity index (χ4v) is 3.43. The summed E-state index contributed by atoms with van der Waals surface area (Å²) >= 11 is 3.43. The van der Waals surface area contributed by atoms with Crippen LogP contribution in [0, 0.1) is 0 Å². The van der Waals surface area contributed by atoms with Gasteiger partial charge < -0.3 is 20.2 Å². The molecule has 7 nitrogen and oxygen atoms in total. The minimum absolute atomic E-state index is 0.115. The number of hydrogen-bond acceptors (Lipinski definition) is 4. The second-order valence-corrected chi connectivity index (χ2v) is 8.21. The minimum Gasteiger partial charge on any atom is -0.325 e. The highest BCUT2D eigenvalue weighted by atomic mass is 79.9. The molecule has 0 aliphatic heterocycles. The summed E-state index contributed by atoms with van der Waals surface area (Å²) in [5.74, 6) is -0.115. The van der Waals surface area contributed by atoms with Crippen molar-refractivity contribution in [3.8, 4) is 0 Å². The van der Waals surface area contributed by atoms with Gasteiger partial charge in [-0.05, 0) is 62.0 Å². The van der Waals surface area contributed by atoms with E-state index in [1.54, 1.807) is 42.2 Å². The van der Waals surface area contributed by atoms with E-state index in [0.29, 0.717) is 11.3 Å². The molecular formula is C23H23BrN4O3. The monoisotopic (exact) mass is 482 g/mol. The van der Waals surface area contributed by atoms with Crippen molar-refractivity contribution in [3.05, 3.63) is 95.5 Å². The van der Waals surface area contributed by atoms with Crippen molar-refractivity contribution in [3.63, 3.8) is 0 Å². The zero-order valence-corrected chi connectivity index (χ0v) is 19.0. The third-order valence-corrected chi connectivity index (χ3v) is 5.32. The lowest BCUT2D eigenvalue weighted by Gasteiger charge is -2.10. The van der Waals surface area contributed by atoms with Crippen molar-refractivity contribution < 1.29 is 4.79 Å². The second kappa shape index (κ2) is 9.72. The van der Waals surface area contributed by atoms with E-state index in [1.807, 2.05) is 38.4 Å². The third-order valence-electron chi connectivity index (χ3n) is 4.60. The molecule has 31 heavy (non-hydrogen) atoms. The van der Waals surface area contributed by atoms with Crippen LogP contribution in [0.5, 0.6) is 0 Å². The quantitative estimate of drug-likeness (QED) is 0.511. The predicted molar refractivity (Wildman–Crippen MR) is 126 cm³/mol. The second-order valence-electron chi connectivity index (χ2n) is 7.35. The number of carbonyl (C=O) groups excluding carboxylic acids is 1. The maximum Gasteiger partial charge on any atom is 0.272 e. The van der Waals surface area contributed by atoms with Crippen molar-refractivity contribution in [2.45, 2.75) is 6.92 Å². The van der Waals surface area contributed by atoms with E-state index in [1.165, 1.54) is 0 Å². The molecule has 0 aliphatic carbocycles. The van der Waals surface area contributed by atoms with Crippen LogP contribution in [0.15, 0.2) is 62.6 Å². The summed E-state index contributed by atoms with van der Waals surface area (Å²) in [6.45, 7) is 2.05. The van der Waals surface area contributed by atoms with Crippen LogP contribution in [-0.4, -0.2) is 41.4 Å². The molecule has 0 saturated heterocycles. The summed E-state index contributed by atoms with van der Waals surface area (Å²) < 4.78 is 0.819. The number of aromatic nitrogens is 2. The highest BCUT2D eigenvalue weighted by molar-refractivity contribution is 9.10. The number of aromatic amines is 2. The maximum atomic E-state index is 12.7. The number of H-pyrrole nitrogens is 2. The Labute approximate surface area is 187 Å². The van der Waals surface area contributed by atoms with Gasteiger partial charge in [-0.25, -0.2) is 0 Å². The highest BCUT2D eigenvalue weighted by Gasteiger charge is 2.06. The summed E-state index contributed by atoms with van der Waals surface area (Å²) in [6.07, 6.45) is 1.62. The van der Waals surface area contributed by atoms with Crippen LogP contribution in [0.25, 0.3) is 11.6 Å². The topological polar surface area (TPSA) is 98.1 Å². The summed E-state index contributed by atoms with van der Waals surface area (Å²) in [5, 5.41) is 3.18. The number of hydrogen-bond donors (Lipinski definition) is 3. The number of amides is 1. The molecule has 0 spiro atoms. The van der Waals surface area contributed by atoms with E-state index in [-0.39, 0.29) is 23.2 Å². The van der Waals surface area contributed by atoms with E-state index in [0.717, 1.165) is 15.6 Å². The van der Waals surface area contributed by atoms with Gasteiger partial charge in [0.25, 0.3) is 11.1 Å². The van der Waals surface area contributed by atoms with Gasteiger partial charge in [-0.1, -0.05) is 46.3 Å². The van der Waals surface area contributed by atoms with E-state index in [2.05, 4.69) is 31.2 Å². The number of nitrogens with zero attached hydrogens (tertiary/aromatic N) is 1. The number of rotatable bonds is 5. The molecule has 8 heteroatoms. The first-order valence-electron chi connectivity index (χ1n) is 9.59. The number of likely N-dealkylation sites (N-methyl/N-ethyl adjacent to an activating group) is 1. The zero-order valence-electron chi connectivity index (χ0n) is 17.5. The van der Waals surface area contributed by atoms with Gasteiger partial charge in [0.05, 0.1) is 6.54 Å². The zero-order chi connectivity index (χ0) is 22.5. The van der Waals surface area contributed by atoms with Crippen molar-refractivity contribution in [2.75, 3.05) is 26.0 Å². The van der Waals surface area contributed by atoms with Crippen LogP contribution < -0.4 is 27.1 Å². The molecule has 3 aromatic rings. The van der Waals surface area contributed by atoms with Crippen LogP contribution in [0.1, 0.15) is 18.1 Å². The van der Waals surface area contributed by atoms with Crippen molar-refractivity contribution >= 4 is 39.2 Å². The Bertz CT molecular complexity index is 1340. The molecule has 1 heterocycles. The van der Waals surface area contributed by atoms with E-state index in [4.69, 9.17) is 0 Å². The maximum absolute atomic E-state index is 12.7. The number of halogens is 1. The number of carbonyl (C=O) groups is 1. The van der Waals surface area contributed by atoms with Gasteiger partial charge in [0.15, 0.2) is 0 Å². The average Bonchev–Trinajstić information content (AvgIpc) is 2.71. The Morgan fingerprint density at radius 1 is 1.03 bits per heavy atom. The molecule has 3 rings (SSSR count). The van der Waals surface area contributed by atoms with Crippen LogP contribution in [0.4, 0.5) is 5.69 Å². The molecule has 1 amide bonds. The fourth-order valence-electron chi connectivity index (χ4n) is 3.03. The average molecular weight is 483 g/mol. The first-order valence-corrected chi connectivity index (χ1v) is 10.4. The molecule has 0 bridgehead atoms. The SMILES string of the molecule is C/C(c1ccc(NC(=O)CN(C)C)cc1)=c1/[nH]c(=O)/c(=C/c2ccccc2Br)[nH]c1=O. The molecule has 3 N–H and O–H groups in total. The van der Waals surface area contributed by atoms with E-state index in [9.17, 15) is 14.4 Å². The molecule has 160 valence electrons. The van der Waals surface area contributed by atoms with Crippen LogP contribution >= 0.6 is 15.9 Å². The highest BCUT2D eigenvalue weighted by Crippen LogP contribution is 2.16. The van der Waals surface area contributed by atoms with Crippen molar-refractivity contribution in [2.24, 2.45) is 0 Å². The Morgan fingerprint density at radius 2 is 1.71 bits per heavy atom. The predicted octanol–water partition coefficient (Wildman–Crippen LogP) is 1.37.